The molecule has 0 aliphatic heterocycles. The van der Waals surface area contributed by atoms with Crippen molar-refractivity contribution in [2.75, 3.05) is 13.1 Å². The molecule has 0 aromatic heterocycles. The summed E-state index contributed by atoms with van der Waals surface area (Å²) in [6.07, 6.45) is 0.885. The molecule has 5 heteroatoms. The van der Waals surface area contributed by atoms with Gasteiger partial charge in [0.15, 0.2) is 0 Å². The topological polar surface area (TPSA) is 40.5 Å². The van der Waals surface area contributed by atoms with Gasteiger partial charge in [0.2, 0.25) is 0 Å². The first-order chi connectivity index (χ1) is 8.47. The zero-order valence-electron chi connectivity index (χ0n) is 10.5. The van der Waals surface area contributed by atoms with Gasteiger partial charge in [0, 0.05) is 6.04 Å². The number of nitrogens with zero attached hydrogens (tertiary/aromatic N) is 1. The summed E-state index contributed by atoms with van der Waals surface area (Å²) in [7, 11) is 0. The molecular formula is C13H17Cl2NO2. The highest BCUT2D eigenvalue weighted by Crippen LogP contribution is 2.32. The Kier molecular flexibility index (Phi) is 5.93. The van der Waals surface area contributed by atoms with E-state index in [0.29, 0.717) is 16.6 Å². The van der Waals surface area contributed by atoms with Crippen LogP contribution in [0.2, 0.25) is 10.0 Å². The second kappa shape index (κ2) is 6.98. The summed E-state index contributed by atoms with van der Waals surface area (Å²) in [6, 6.07) is 5.35. The standard InChI is InChI=1S/C13H17Cl2NO2/c1-3-7-16(8-12(17)18)9(2)10-5-4-6-11(14)13(10)15/h4-6,9H,3,7-8H2,1-2H3,(H,17,18). The highest BCUT2D eigenvalue weighted by Gasteiger charge is 2.20. The van der Waals surface area contributed by atoms with Gasteiger partial charge in [-0.15, -0.1) is 0 Å². The molecule has 0 radical (unpaired) electrons. The second-order valence-electron chi connectivity index (χ2n) is 4.18. The van der Waals surface area contributed by atoms with Gasteiger partial charge in [-0.1, -0.05) is 42.3 Å². The summed E-state index contributed by atoms with van der Waals surface area (Å²) >= 11 is 12.1. The van der Waals surface area contributed by atoms with Crippen molar-refractivity contribution < 1.29 is 9.90 Å². The van der Waals surface area contributed by atoms with Gasteiger partial charge in [-0.05, 0) is 31.5 Å². The molecule has 18 heavy (non-hydrogen) atoms. The third kappa shape index (κ3) is 3.87. The lowest BCUT2D eigenvalue weighted by Crippen LogP contribution is -2.33. The maximum atomic E-state index is 10.9. The number of hydrogen-bond acceptors (Lipinski definition) is 2. The number of hydrogen-bond donors (Lipinski definition) is 1. The Balaban J connectivity index is 2.97. The number of aliphatic carboxylic acids is 1. The Morgan fingerprint density at radius 3 is 2.67 bits per heavy atom. The zero-order chi connectivity index (χ0) is 13.7. The van der Waals surface area contributed by atoms with Crippen LogP contribution in [0, 0.1) is 0 Å². The normalized spacial score (nSPS) is 12.7. The Morgan fingerprint density at radius 2 is 2.11 bits per heavy atom. The van der Waals surface area contributed by atoms with Crippen molar-refractivity contribution in [1.29, 1.82) is 0 Å². The molecule has 100 valence electrons. The van der Waals surface area contributed by atoms with Crippen LogP contribution in [0.4, 0.5) is 0 Å². The predicted octanol–water partition coefficient (Wildman–Crippen LogP) is 3.85. The molecular weight excluding hydrogens is 273 g/mol. The monoisotopic (exact) mass is 289 g/mol. The van der Waals surface area contributed by atoms with Crippen molar-refractivity contribution in [2.24, 2.45) is 0 Å². The Hall–Kier alpha value is -0.770. The minimum Gasteiger partial charge on any atom is -0.480 e. The first kappa shape index (κ1) is 15.3. The minimum atomic E-state index is -0.839. The van der Waals surface area contributed by atoms with E-state index >= 15 is 0 Å². The van der Waals surface area contributed by atoms with E-state index in [4.69, 9.17) is 28.3 Å². The average molecular weight is 290 g/mol. The maximum Gasteiger partial charge on any atom is 0.317 e. The lowest BCUT2D eigenvalue weighted by atomic mass is 10.1. The number of rotatable bonds is 6. The second-order valence-corrected chi connectivity index (χ2v) is 4.97. The number of carboxylic acids is 1. The highest BCUT2D eigenvalue weighted by atomic mass is 35.5. The van der Waals surface area contributed by atoms with Gasteiger partial charge in [0.25, 0.3) is 0 Å². The third-order valence-electron chi connectivity index (χ3n) is 2.83. The van der Waals surface area contributed by atoms with E-state index < -0.39 is 5.97 Å². The van der Waals surface area contributed by atoms with Crippen LogP contribution in [0.3, 0.4) is 0 Å². The van der Waals surface area contributed by atoms with Gasteiger partial charge in [0.1, 0.15) is 0 Å². The lowest BCUT2D eigenvalue weighted by molar-refractivity contribution is -0.138. The van der Waals surface area contributed by atoms with E-state index in [0.717, 1.165) is 12.0 Å². The molecule has 1 aromatic rings. The van der Waals surface area contributed by atoms with Gasteiger partial charge in [-0.25, -0.2) is 0 Å². The molecule has 0 aliphatic carbocycles. The fraction of sp³-hybridized carbons (Fsp3) is 0.462. The predicted molar refractivity (Wildman–Crippen MR) is 74.4 cm³/mol. The van der Waals surface area contributed by atoms with Crippen LogP contribution in [0.25, 0.3) is 0 Å². The fourth-order valence-electron chi connectivity index (χ4n) is 1.91. The van der Waals surface area contributed by atoms with Crippen molar-refractivity contribution in [3.05, 3.63) is 33.8 Å². The van der Waals surface area contributed by atoms with Crippen molar-refractivity contribution in [1.82, 2.24) is 4.90 Å². The van der Waals surface area contributed by atoms with Crippen LogP contribution in [-0.2, 0) is 4.79 Å². The molecule has 1 rings (SSSR count). The van der Waals surface area contributed by atoms with Gasteiger partial charge in [-0.3, -0.25) is 9.69 Å². The summed E-state index contributed by atoms with van der Waals surface area (Å²) in [6.45, 7) is 4.66. The molecule has 0 fully saturated rings. The molecule has 1 atom stereocenters. The Labute approximate surface area is 117 Å². The van der Waals surface area contributed by atoms with Crippen LogP contribution in [0.15, 0.2) is 18.2 Å². The summed E-state index contributed by atoms with van der Waals surface area (Å²) < 4.78 is 0. The van der Waals surface area contributed by atoms with Crippen molar-refractivity contribution in [3.8, 4) is 0 Å². The Bertz CT molecular complexity index is 423. The van der Waals surface area contributed by atoms with Crippen LogP contribution in [0.1, 0.15) is 31.9 Å². The van der Waals surface area contributed by atoms with E-state index in [1.165, 1.54) is 0 Å². The molecule has 0 heterocycles. The van der Waals surface area contributed by atoms with E-state index in [-0.39, 0.29) is 12.6 Å². The molecule has 0 amide bonds. The van der Waals surface area contributed by atoms with Gasteiger partial charge < -0.3 is 5.11 Å². The third-order valence-corrected chi connectivity index (χ3v) is 3.66. The summed E-state index contributed by atoms with van der Waals surface area (Å²) in [4.78, 5) is 12.7. The first-order valence-corrected chi connectivity index (χ1v) is 6.62. The molecule has 1 aromatic carbocycles. The van der Waals surface area contributed by atoms with Gasteiger partial charge in [-0.2, -0.15) is 0 Å². The molecule has 1 N–H and O–H groups in total. The van der Waals surface area contributed by atoms with Crippen LogP contribution >= 0.6 is 23.2 Å². The van der Waals surface area contributed by atoms with Crippen LogP contribution < -0.4 is 0 Å². The summed E-state index contributed by atoms with van der Waals surface area (Å²) in [5.41, 5.74) is 0.860. The smallest absolute Gasteiger partial charge is 0.317 e. The zero-order valence-corrected chi connectivity index (χ0v) is 12.0. The van der Waals surface area contributed by atoms with Crippen LogP contribution in [-0.4, -0.2) is 29.1 Å². The Morgan fingerprint density at radius 1 is 1.44 bits per heavy atom. The summed E-state index contributed by atoms with van der Waals surface area (Å²) in [5.74, 6) is -0.839. The number of benzene rings is 1. The molecule has 0 saturated carbocycles. The van der Waals surface area contributed by atoms with E-state index in [1.54, 1.807) is 6.07 Å². The van der Waals surface area contributed by atoms with Crippen molar-refractivity contribution in [2.45, 2.75) is 26.3 Å². The minimum absolute atomic E-state index is 0.00213. The van der Waals surface area contributed by atoms with E-state index in [9.17, 15) is 4.79 Å². The molecule has 0 saturated heterocycles. The van der Waals surface area contributed by atoms with Crippen LogP contribution in [0.5, 0.6) is 0 Å². The molecule has 0 aliphatic rings. The molecule has 1 unspecified atom stereocenters. The van der Waals surface area contributed by atoms with Crippen molar-refractivity contribution in [3.63, 3.8) is 0 Å². The molecule has 3 nitrogen and oxygen atoms in total. The molecule has 0 spiro atoms. The maximum absolute atomic E-state index is 10.9. The molecule has 0 bridgehead atoms. The number of halogens is 2. The van der Waals surface area contributed by atoms with E-state index in [1.807, 2.05) is 30.9 Å². The van der Waals surface area contributed by atoms with Gasteiger partial charge in [0.05, 0.1) is 16.6 Å². The average Bonchev–Trinajstić information content (AvgIpc) is 2.31. The lowest BCUT2D eigenvalue weighted by Gasteiger charge is -2.28. The van der Waals surface area contributed by atoms with E-state index in [2.05, 4.69) is 0 Å². The van der Waals surface area contributed by atoms with Gasteiger partial charge >= 0.3 is 5.97 Å². The number of carbonyl (C=O) groups is 1. The highest BCUT2D eigenvalue weighted by molar-refractivity contribution is 6.42. The number of carboxylic acid groups (broad SMARTS) is 1. The first-order valence-electron chi connectivity index (χ1n) is 5.87. The largest absolute Gasteiger partial charge is 0.480 e. The van der Waals surface area contributed by atoms with Crippen molar-refractivity contribution >= 4 is 29.2 Å². The fourth-order valence-corrected chi connectivity index (χ4v) is 2.38. The quantitative estimate of drug-likeness (QED) is 0.865. The summed E-state index contributed by atoms with van der Waals surface area (Å²) in [5, 5.41) is 9.92. The SMILES string of the molecule is CCCN(CC(=O)O)C(C)c1cccc(Cl)c1Cl.